The van der Waals surface area contributed by atoms with Gasteiger partial charge in [-0.1, -0.05) is 42.5 Å². The van der Waals surface area contributed by atoms with Crippen LogP contribution in [0.4, 0.5) is 5.82 Å². The number of benzene rings is 2. The van der Waals surface area contributed by atoms with E-state index in [1.54, 1.807) is 6.21 Å². The van der Waals surface area contributed by atoms with Crippen LogP contribution in [0.5, 0.6) is 0 Å². The Morgan fingerprint density at radius 2 is 1.96 bits per heavy atom. The summed E-state index contributed by atoms with van der Waals surface area (Å²) in [5.74, 6) is -0.628. The second-order valence-corrected chi connectivity index (χ2v) is 5.07. The number of hydrazone groups is 1. The van der Waals surface area contributed by atoms with Gasteiger partial charge in [-0.2, -0.15) is 5.10 Å². The summed E-state index contributed by atoms with van der Waals surface area (Å²) in [7, 11) is 0. The van der Waals surface area contributed by atoms with Crippen LogP contribution in [0.25, 0.3) is 10.8 Å². The molecule has 0 spiro atoms. The second-order valence-electron chi connectivity index (χ2n) is 5.07. The van der Waals surface area contributed by atoms with E-state index < -0.39 is 17.2 Å². The first-order valence-corrected chi connectivity index (χ1v) is 7.36. The van der Waals surface area contributed by atoms with Crippen LogP contribution >= 0.6 is 0 Å². The molecule has 25 heavy (non-hydrogen) atoms. The number of H-pyrrole nitrogens is 2. The SMILES string of the molecule is O=C(CNc1n[nH]c(=O)[nH]c1=O)N/N=C/c1cccc2ccccc12. The molecule has 126 valence electrons. The largest absolute Gasteiger partial charge is 0.355 e. The van der Waals surface area contributed by atoms with Crippen molar-refractivity contribution >= 4 is 28.7 Å². The van der Waals surface area contributed by atoms with Gasteiger partial charge >= 0.3 is 5.69 Å². The summed E-state index contributed by atoms with van der Waals surface area (Å²) in [5, 5.41) is 14.1. The van der Waals surface area contributed by atoms with Gasteiger partial charge in [0.2, 0.25) is 5.82 Å². The first-order valence-electron chi connectivity index (χ1n) is 7.36. The summed E-state index contributed by atoms with van der Waals surface area (Å²) in [5.41, 5.74) is 1.78. The minimum atomic E-state index is -0.723. The first-order chi connectivity index (χ1) is 12.1. The van der Waals surface area contributed by atoms with Crippen LogP contribution in [-0.2, 0) is 4.79 Å². The van der Waals surface area contributed by atoms with E-state index in [2.05, 4.69) is 26.0 Å². The van der Waals surface area contributed by atoms with E-state index in [9.17, 15) is 14.4 Å². The smallest absolute Gasteiger partial charge is 0.342 e. The fourth-order valence-corrected chi connectivity index (χ4v) is 2.21. The van der Waals surface area contributed by atoms with Crippen molar-refractivity contribution in [3.8, 4) is 0 Å². The number of carbonyl (C=O) groups is 1. The maximum absolute atomic E-state index is 11.7. The van der Waals surface area contributed by atoms with Crippen LogP contribution in [0.2, 0.25) is 0 Å². The molecule has 0 saturated carbocycles. The van der Waals surface area contributed by atoms with Gasteiger partial charge in [0.05, 0.1) is 12.8 Å². The van der Waals surface area contributed by atoms with Crippen LogP contribution in [-0.4, -0.2) is 33.8 Å². The lowest BCUT2D eigenvalue weighted by atomic mass is 10.1. The number of hydrogen-bond acceptors (Lipinski definition) is 6. The maximum Gasteiger partial charge on any atom is 0.342 e. The third-order valence-corrected chi connectivity index (χ3v) is 3.34. The maximum atomic E-state index is 11.7. The summed E-state index contributed by atoms with van der Waals surface area (Å²) >= 11 is 0. The molecule has 0 radical (unpaired) electrons. The van der Waals surface area contributed by atoms with Gasteiger partial charge in [0, 0.05) is 5.56 Å². The van der Waals surface area contributed by atoms with Gasteiger partial charge in [-0.3, -0.25) is 14.6 Å². The summed E-state index contributed by atoms with van der Waals surface area (Å²) in [4.78, 5) is 36.0. The Bertz CT molecular complexity index is 1050. The highest BCUT2D eigenvalue weighted by Gasteiger charge is 2.04. The summed E-state index contributed by atoms with van der Waals surface area (Å²) in [6.45, 7) is -0.227. The van der Waals surface area contributed by atoms with Crippen molar-refractivity contribution in [1.82, 2.24) is 20.6 Å². The van der Waals surface area contributed by atoms with Crippen LogP contribution in [0.3, 0.4) is 0 Å². The number of aromatic nitrogens is 3. The Hall–Kier alpha value is -3.75. The molecule has 2 aromatic carbocycles. The molecule has 3 rings (SSSR count). The molecule has 9 nitrogen and oxygen atoms in total. The molecule has 0 fully saturated rings. The van der Waals surface area contributed by atoms with Gasteiger partial charge in [0.15, 0.2) is 0 Å². The van der Waals surface area contributed by atoms with Gasteiger partial charge in [0.25, 0.3) is 11.5 Å². The van der Waals surface area contributed by atoms with E-state index in [1.807, 2.05) is 47.4 Å². The minimum Gasteiger partial charge on any atom is -0.355 e. The predicted molar refractivity (Wildman–Crippen MR) is 93.7 cm³/mol. The van der Waals surface area contributed by atoms with E-state index in [-0.39, 0.29) is 12.4 Å². The lowest BCUT2D eigenvalue weighted by Gasteiger charge is -2.03. The van der Waals surface area contributed by atoms with E-state index >= 15 is 0 Å². The molecule has 0 aliphatic rings. The number of carbonyl (C=O) groups excluding carboxylic acids is 1. The molecular formula is C16H14N6O3. The van der Waals surface area contributed by atoms with E-state index in [0.29, 0.717) is 0 Å². The van der Waals surface area contributed by atoms with Crippen molar-refractivity contribution in [3.05, 3.63) is 68.9 Å². The monoisotopic (exact) mass is 338 g/mol. The van der Waals surface area contributed by atoms with E-state index in [1.165, 1.54) is 0 Å². The normalized spacial score (nSPS) is 10.9. The molecular weight excluding hydrogens is 324 g/mol. The van der Waals surface area contributed by atoms with Crippen LogP contribution in [0, 0.1) is 0 Å². The van der Waals surface area contributed by atoms with Gasteiger partial charge in [0.1, 0.15) is 0 Å². The molecule has 0 bridgehead atoms. The lowest BCUT2D eigenvalue weighted by molar-refractivity contribution is -0.119. The molecule has 0 aliphatic heterocycles. The number of amides is 1. The number of hydrogen-bond donors (Lipinski definition) is 4. The molecule has 0 saturated heterocycles. The van der Waals surface area contributed by atoms with Crippen LogP contribution in [0.1, 0.15) is 5.56 Å². The third-order valence-electron chi connectivity index (χ3n) is 3.34. The highest BCUT2D eigenvalue weighted by atomic mass is 16.2. The van der Waals surface area contributed by atoms with Gasteiger partial charge in [-0.05, 0) is 10.8 Å². The van der Waals surface area contributed by atoms with E-state index in [0.717, 1.165) is 16.3 Å². The molecule has 1 amide bonds. The quantitative estimate of drug-likeness (QED) is 0.389. The molecule has 9 heteroatoms. The number of anilines is 1. The van der Waals surface area contributed by atoms with Crippen LogP contribution in [0.15, 0.2) is 57.2 Å². The Kier molecular flexibility index (Phi) is 4.65. The average Bonchev–Trinajstić information content (AvgIpc) is 2.61. The van der Waals surface area contributed by atoms with Crippen molar-refractivity contribution in [1.29, 1.82) is 0 Å². The molecule has 0 aliphatic carbocycles. The summed E-state index contributed by atoms with van der Waals surface area (Å²) in [6, 6.07) is 13.6. The number of aromatic amines is 2. The van der Waals surface area contributed by atoms with Crippen molar-refractivity contribution in [2.24, 2.45) is 5.10 Å². The Labute approximate surface area is 140 Å². The second kappa shape index (κ2) is 7.21. The Morgan fingerprint density at radius 1 is 1.16 bits per heavy atom. The fraction of sp³-hybridized carbons (Fsp3) is 0.0625. The zero-order valence-electron chi connectivity index (χ0n) is 12.9. The molecule has 4 N–H and O–H groups in total. The highest BCUT2D eigenvalue weighted by molar-refractivity contribution is 6.00. The third kappa shape index (κ3) is 3.96. The number of rotatable bonds is 5. The van der Waals surface area contributed by atoms with Crippen molar-refractivity contribution in [3.63, 3.8) is 0 Å². The summed E-state index contributed by atoms with van der Waals surface area (Å²) < 4.78 is 0. The zero-order valence-corrected chi connectivity index (χ0v) is 12.9. The number of fused-ring (bicyclic) bond motifs is 1. The van der Waals surface area contributed by atoms with Crippen LogP contribution < -0.4 is 22.0 Å². The molecule has 0 atom stereocenters. The van der Waals surface area contributed by atoms with Crippen molar-refractivity contribution < 1.29 is 4.79 Å². The number of nitrogens with zero attached hydrogens (tertiary/aromatic N) is 2. The highest BCUT2D eigenvalue weighted by Crippen LogP contribution is 2.16. The van der Waals surface area contributed by atoms with Crippen molar-refractivity contribution in [2.45, 2.75) is 0 Å². The summed E-state index contributed by atoms with van der Waals surface area (Å²) in [6.07, 6.45) is 1.55. The van der Waals surface area contributed by atoms with E-state index in [4.69, 9.17) is 0 Å². The Balaban J connectivity index is 1.61. The number of nitrogens with one attached hydrogen (secondary N) is 4. The van der Waals surface area contributed by atoms with Gasteiger partial charge in [-0.25, -0.2) is 15.3 Å². The average molecular weight is 338 g/mol. The van der Waals surface area contributed by atoms with Crippen molar-refractivity contribution in [2.75, 3.05) is 11.9 Å². The van der Waals surface area contributed by atoms with Gasteiger partial charge in [-0.15, -0.1) is 5.10 Å². The van der Waals surface area contributed by atoms with Gasteiger partial charge < -0.3 is 5.32 Å². The zero-order chi connectivity index (χ0) is 17.6. The standard InChI is InChI=1S/C16H14N6O3/c23-13(9-17-14-15(24)19-16(25)22-21-14)20-18-8-11-6-3-5-10-4-1-2-7-12(10)11/h1-8H,9H2,(H,17,21)(H,20,23)(H2,19,22,24,25)/b18-8+. The minimum absolute atomic E-state index is 0.159. The lowest BCUT2D eigenvalue weighted by Crippen LogP contribution is -2.31. The first kappa shape index (κ1) is 16.1. The molecule has 0 unspecified atom stereocenters. The molecule has 1 heterocycles. The molecule has 1 aromatic heterocycles. The molecule has 3 aromatic rings. The topological polar surface area (TPSA) is 132 Å². The predicted octanol–water partition coefficient (Wildman–Crippen LogP) is 0.174. The fourth-order valence-electron chi connectivity index (χ4n) is 2.21. The Morgan fingerprint density at radius 3 is 2.80 bits per heavy atom.